The van der Waals surface area contributed by atoms with Crippen molar-refractivity contribution in [1.82, 2.24) is 0 Å². The molecule has 0 aliphatic carbocycles. The lowest BCUT2D eigenvalue weighted by atomic mass is 10.2. The minimum Gasteiger partial charge on any atom is -0.492 e. The fourth-order valence-electron chi connectivity index (χ4n) is 2.76. The Morgan fingerprint density at radius 3 is 2.27 bits per heavy atom. The second kappa shape index (κ2) is 9.99. The predicted molar refractivity (Wildman–Crippen MR) is 117 cm³/mol. The molecule has 0 aliphatic heterocycles. The minimum atomic E-state index is -0.454. The molecule has 3 rings (SSSR count). The number of para-hydroxylation sites is 2. The maximum Gasteiger partial charge on any atom is 0.246 e. The molecular weight excluding hydrogens is 378 g/mol. The van der Waals surface area contributed by atoms with Gasteiger partial charge in [-0.1, -0.05) is 12.1 Å². The normalized spacial score (nSPS) is 11.1. The van der Waals surface area contributed by atoms with Gasteiger partial charge in [0.25, 0.3) is 0 Å². The number of nitrogens with zero attached hydrogens (tertiary/aromatic N) is 1. The molecule has 0 radical (unpaired) electrons. The number of ether oxygens (including phenoxy) is 2. The van der Waals surface area contributed by atoms with Crippen LogP contribution in [0, 0.1) is 11.3 Å². The number of hydrogen-bond acceptors (Lipinski definition) is 5. The smallest absolute Gasteiger partial charge is 0.246 e. The van der Waals surface area contributed by atoms with Crippen molar-refractivity contribution in [3.8, 4) is 23.3 Å². The van der Waals surface area contributed by atoms with Crippen molar-refractivity contribution in [2.24, 2.45) is 0 Å². The summed E-state index contributed by atoms with van der Waals surface area (Å²) in [4.78, 5) is 12.6. The monoisotopic (exact) mass is 401 g/mol. The van der Waals surface area contributed by atoms with Gasteiger partial charge in [-0.25, -0.2) is 0 Å². The zero-order valence-electron chi connectivity index (χ0n) is 16.9. The van der Waals surface area contributed by atoms with Crippen LogP contribution in [0.15, 0.2) is 72.8 Å². The van der Waals surface area contributed by atoms with Crippen molar-refractivity contribution in [2.75, 3.05) is 17.2 Å². The highest BCUT2D eigenvalue weighted by molar-refractivity contribution is 5.97. The molecule has 0 heterocycles. The molecular formula is C24H23N3O3. The Bertz CT molecular complexity index is 1020. The standard InChI is InChI=1S/C24H23N3O3/c1-3-29-23-7-5-4-6-22(23)27-24(28)17(2)26-19-10-14-21(15-11-19)30-20-12-8-18(16-25)9-13-20/h4-15,17,26H,3H2,1-2H3,(H,27,28). The van der Waals surface area contributed by atoms with E-state index in [1.165, 1.54) is 0 Å². The van der Waals surface area contributed by atoms with E-state index in [2.05, 4.69) is 16.7 Å². The van der Waals surface area contributed by atoms with Gasteiger partial charge in [-0.3, -0.25) is 4.79 Å². The van der Waals surface area contributed by atoms with Crippen LogP contribution < -0.4 is 20.1 Å². The van der Waals surface area contributed by atoms with Gasteiger partial charge >= 0.3 is 0 Å². The fourth-order valence-corrected chi connectivity index (χ4v) is 2.76. The Labute approximate surface area is 176 Å². The Hall–Kier alpha value is -3.98. The number of amides is 1. The number of nitrogens with one attached hydrogen (secondary N) is 2. The number of anilines is 2. The summed E-state index contributed by atoms with van der Waals surface area (Å²) in [7, 11) is 0. The van der Waals surface area contributed by atoms with Gasteiger partial charge in [0, 0.05) is 5.69 Å². The van der Waals surface area contributed by atoms with Gasteiger partial charge in [0.15, 0.2) is 0 Å². The van der Waals surface area contributed by atoms with Crippen molar-refractivity contribution < 1.29 is 14.3 Å². The second-order valence-corrected chi connectivity index (χ2v) is 6.55. The van der Waals surface area contributed by atoms with Crippen molar-refractivity contribution in [1.29, 1.82) is 5.26 Å². The highest BCUT2D eigenvalue weighted by atomic mass is 16.5. The lowest BCUT2D eigenvalue weighted by Crippen LogP contribution is -2.32. The summed E-state index contributed by atoms with van der Waals surface area (Å²) in [6.07, 6.45) is 0. The van der Waals surface area contributed by atoms with Gasteiger partial charge in [-0.05, 0) is 74.5 Å². The quantitative estimate of drug-likeness (QED) is 0.543. The summed E-state index contributed by atoms with van der Waals surface area (Å²) in [5.41, 5.74) is 2.02. The van der Waals surface area contributed by atoms with E-state index in [9.17, 15) is 4.79 Å². The van der Waals surface area contributed by atoms with Crippen LogP contribution in [0.4, 0.5) is 11.4 Å². The van der Waals surface area contributed by atoms with Crippen LogP contribution in [0.1, 0.15) is 19.4 Å². The van der Waals surface area contributed by atoms with Crippen LogP contribution in [-0.4, -0.2) is 18.6 Å². The molecule has 0 aliphatic rings. The maximum absolute atomic E-state index is 12.6. The molecule has 0 fully saturated rings. The van der Waals surface area contributed by atoms with E-state index in [1.54, 1.807) is 31.2 Å². The summed E-state index contributed by atoms with van der Waals surface area (Å²) in [5, 5.41) is 14.9. The first-order chi connectivity index (χ1) is 14.6. The Morgan fingerprint density at radius 2 is 1.63 bits per heavy atom. The average Bonchev–Trinajstić information content (AvgIpc) is 2.77. The van der Waals surface area contributed by atoms with Crippen LogP contribution in [-0.2, 0) is 4.79 Å². The molecule has 6 nitrogen and oxygen atoms in total. The largest absolute Gasteiger partial charge is 0.492 e. The van der Waals surface area contributed by atoms with Crippen molar-refractivity contribution in [3.63, 3.8) is 0 Å². The molecule has 3 aromatic rings. The number of benzene rings is 3. The Kier molecular flexibility index (Phi) is 6.91. The van der Waals surface area contributed by atoms with E-state index >= 15 is 0 Å². The van der Waals surface area contributed by atoms with E-state index in [0.29, 0.717) is 35.1 Å². The fraction of sp³-hybridized carbons (Fsp3) is 0.167. The molecule has 3 aromatic carbocycles. The molecule has 0 aromatic heterocycles. The van der Waals surface area contributed by atoms with Crippen LogP contribution in [0.3, 0.4) is 0 Å². The minimum absolute atomic E-state index is 0.167. The number of hydrogen-bond donors (Lipinski definition) is 2. The lowest BCUT2D eigenvalue weighted by molar-refractivity contribution is -0.116. The summed E-state index contributed by atoms with van der Waals surface area (Å²) < 4.78 is 11.3. The first kappa shape index (κ1) is 20.7. The second-order valence-electron chi connectivity index (χ2n) is 6.55. The predicted octanol–water partition coefficient (Wildman–Crippen LogP) is 5.19. The third-order valence-corrected chi connectivity index (χ3v) is 4.29. The maximum atomic E-state index is 12.6. The molecule has 1 atom stereocenters. The zero-order valence-corrected chi connectivity index (χ0v) is 16.9. The third kappa shape index (κ3) is 5.52. The van der Waals surface area contributed by atoms with Crippen LogP contribution in [0.2, 0.25) is 0 Å². The molecule has 0 spiro atoms. The molecule has 0 bridgehead atoms. The van der Waals surface area contributed by atoms with E-state index in [0.717, 1.165) is 5.69 Å². The Morgan fingerprint density at radius 1 is 1.00 bits per heavy atom. The molecule has 152 valence electrons. The molecule has 0 saturated carbocycles. The molecule has 0 saturated heterocycles. The van der Waals surface area contributed by atoms with Gasteiger partial charge in [-0.2, -0.15) is 5.26 Å². The van der Waals surface area contributed by atoms with Gasteiger partial charge in [0.1, 0.15) is 23.3 Å². The summed E-state index contributed by atoms with van der Waals surface area (Å²) >= 11 is 0. The first-order valence-corrected chi connectivity index (χ1v) is 9.66. The van der Waals surface area contributed by atoms with E-state index in [-0.39, 0.29) is 5.91 Å². The molecule has 1 amide bonds. The van der Waals surface area contributed by atoms with Gasteiger partial charge in [-0.15, -0.1) is 0 Å². The van der Waals surface area contributed by atoms with Crippen molar-refractivity contribution >= 4 is 17.3 Å². The lowest BCUT2D eigenvalue weighted by Gasteiger charge is -2.17. The number of nitriles is 1. The van der Waals surface area contributed by atoms with Gasteiger partial charge in [0.2, 0.25) is 5.91 Å². The summed E-state index contributed by atoms with van der Waals surface area (Å²) in [6, 6.07) is 23.2. The van der Waals surface area contributed by atoms with Crippen LogP contribution >= 0.6 is 0 Å². The highest BCUT2D eigenvalue weighted by Gasteiger charge is 2.15. The van der Waals surface area contributed by atoms with Gasteiger partial charge < -0.3 is 20.1 Å². The molecule has 1 unspecified atom stereocenters. The molecule has 30 heavy (non-hydrogen) atoms. The van der Waals surface area contributed by atoms with Crippen molar-refractivity contribution in [3.05, 3.63) is 78.4 Å². The summed E-state index contributed by atoms with van der Waals surface area (Å²) in [6.45, 7) is 4.22. The van der Waals surface area contributed by atoms with Crippen LogP contribution in [0.25, 0.3) is 0 Å². The molecule has 6 heteroatoms. The van der Waals surface area contributed by atoms with Gasteiger partial charge in [0.05, 0.1) is 23.9 Å². The van der Waals surface area contributed by atoms with E-state index in [4.69, 9.17) is 14.7 Å². The number of carbonyl (C=O) groups is 1. The number of carbonyl (C=O) groups excluding carboxylic acids is 1. The number of rotatable bonds is 8. The Balaban J connectivity index is 1.58. The topological polar surface area (TPSA) is 83.4 Å². The SMILES string of the molecule is CCOc1ccccc1NC(=O)C(C)Nc1ccc(Oc2ccc(C#N)cc2)cc1. The average molecular weight is 401 g/mol. The van der Waals surface area contributed by atoms with Crippen molar-refractivity contribution in [2.45, 2.75) is 19.9 Å². The van der Waals surface area contributed by atoms with Crippen LogP contribution in [0.5, 0.6) is 17.2 Å². The summed E-state index contributed by atoms with van der Waals surface area (Å²) in [5.74, 6) is 1.79. The van der Waals surface area contributed by atoms with E-state index in [1.807, 2.05) is 55.5 Å². The first-order valence-electron chi connectivity index (χ1n) is 9.66. The molecule has 2 N–H and O–H groups in total. The zero-order chi connectivity index (χ0) is 21.3. The van der Waals surface area contributed by atoms with E-state index < -0.39 is 6.04 Å². The third-order valence-electron chi connectivity index (χ3n) is 4.29. The highest BCUT2D eigenvalue weighted by Crippen LogP contribution is 2.25.